The zero-order valence-corrected chi connectivity index (χ0v) is 12.9. The Labute approximate surface area is 131 Å². The van der Waals surface area contributed by atoms with Crippen LogP contribution in [0.4, 0.5) is 0 Å². The summed E-state index contributed by atoms with van der Waals surface area (Å²) in [5.41, 5.74) is 1.55. The number of fused-ring (bicyclic) bond motifs is 5. The van der Waals surface area contributed by atoms with E-state index in [1.165, 1.54) is 0 Å². The number of benzene rings is 1. The summed E-state index contributed by atoms with van der Waals surface area (Å²) in [6, 6.07) is 8.11. The molecular weight excluding hydrogens is 274 g/mol. The van der Waals surface area contributed by atoms with Gasteiger partial charge in [-0.05, 0) is 67.2 Å². The first-order chi connectivity index (χ1) is 10.5. The molecule has 0 radical (unpaired) electrons. The van der Waals surface area contributed by atoms with E-state index in [1.807, 2.05) is 12.1 Å². The monoisotopic (exact) mass is 295 g/mol. The van der Waals surface area contributed by atoms with Crippen LogP contribution in [0, 0.1) is 28.6 Å². The number of phenols is 1. The van der Waals surface area contributed by atoms with E-state index >= 15 is 0 Å². The third-order valence-electron chi connectivity index (χ3n) is 6.79. The highest BCUT2D eigenvalue weighted by Gasteiger charge is 2.60. The Morgan fingerprint density at radius 2 is 2.00 bits per heavy atom. The summed E-state index contributed by atoms with van der Waals surface area (Å²) in [5, 5.41) is 19.8. The Hall–Kier alpha value is -1.82. The molecule has 0 saturated heterocycles. The van der Waals surface area contributed by atoms with Crippen molar-refractivity contribution in [1.82, 2.24) is 0 Å². The van der Waals surface area contributed by atoms with Gasteiger partial charge < -0.3 is 5.11 Å². The number of nitriles is 1. The molecule has 0 aromatic heterocycles. The number of ketones is 1. The number of carbonyl (C=O) groups is 1. The molecule has 0 aliphatic heterocycles. The van der Waals surface area contributed by atoms with Crippen molar-refractivity contribution >= 4 is 5.78 Å². The molecule has 1 aromatic carbocycles. The fourth-order valence-electron chi connectivity index (χ4n) is 5.57. The fraction of sp³-hybridized carbons (Fsp3) is 0.579. The van der Waals surface area contributed by atoms with Gasteiger partial charge in [-0.15, -0.1) is 0 Å². The van der Waals surface area contributed by atoms with E-state index in [0.717, 1.165) is 43.2 Å². The first kappa shape index (κ1) is 13.8. The van der Waals surface area contributed by atoms with Gasteiger partial charge in [0.2, 0.25) is 0 Å². The minimum atomic E-state index is -0.462. The second-order valence-electron chi connectivity index (χ2n) is 7.56. The summed E-state index contributed by atoms with van der Waals surface area (Å²) < 4.78 is 0. The molecule has 0 unspecified atom stereocenters. The largest absolute Gasteiger partial charge is 0.508 e. The Morgan fingerprint density at radius 1 is 1.23 bits per heavy atom. The summed E-state index contributed by atoms with van der Waals surface area (Å²) in [6.07, 6.45) is 5.07. The maximum Gasteiger partial charge on any atom is 0.139 e. The zero-order chi connectivity index (χ0) is 15.5. The lowest BCUT2D eigenvalue weighted by atomic mass is 9.49. The highest BCUT2D eigenvalue weighted by Crippen LogP contribution is 2.62. The number of rotatable bonds is 0. The minimum Gasteiger partial charge on any atom is -0.508 e. The topological polar surface area (TPSA) is 61.1 Å². The molecule has 22 heavy (non-hydrogen) atoms. The second kappa shape index (κ2) is 4.35. The molecule has 3 aliphatic carbocycles. The Bertz CT molecular complexity index is 704. The van der Waals surface area contributed by atoms with Gasteiger partial charge >= 0.3 is 0 Å². The minimum absolute atomic E-state index is 0.209. The molecule has 1 aromatic rings. The predicted octanol–water partition coefficient (Wildman–Crippen LogP) is 3.50. The van der Waals surface area contributed by atoms with Crippen LogP contribution in [0.1, 0.15) is 50.2 Å². The Balaban J connectivity index is 1.85. The van der Waals surface area contributed by atoms with Gasteiger partial charge in [0.15, 0.2) is 0 Å². The number of nitrogens with zero attached hydrogens (tertiary/aromatic N) is 1. The molecule has 3 nitrogen and oxygen atoms in total. The lowest BCUT2D eigenvalue weighted by molar-refractivity contribution is -0.130. The Morgan fingerprint density at radius 3 is 2.77 bits per heavy atom. The smallest absolute Gasteiger partial charge is 0.139 e. The van der Waals surface area contributed by atoms with Crippen molar-refractivity contribution in [3.05, 3.63) is 29.3 Å². The number of carbonyl (C=O) groups excluding carboxylic acids is 1. The lowest BCUT2D eigenvalue weighted by Gasteiger charge is -2.52. The average Bonchev–Trinajstić information content (AvgIpc) is 2.82. The average molecular weight is 295 g/mol. The van der Waals surface area contributed by atoms with Gasteiger partial charge in [0, 0.05) is 11.8 Å². The van der Waals surface area contributed by atoms with Crippen molar-refractivity contribution in [1.29, 1.82) is 5.26 Å². The second-order valence-corrected chi connectivity index (χ2v) is 7.56. The molecule has 3 heteroatoms. The molecule has 114 valence electrons. The van der Waals surface area contributed by atoms with E-state index in [4.69, 9.17) is 0 Å². The van der Waals surface area contributed by atoms with Crippen LogP contribution in [0.2, 0.25) is 0 Å². The van der Waals surface area contributed by atoms with Gasteiger partial charge in [0.05, 0.1) is 11.5 Å². The van der Waals surface area contributed by atoms with E-state index < -0.39 is 5.41 Å². The third-order valence-corrected chi connectivity index (χ3v) is 6.79. The SMILES string of the molecule is C[C@]12CC[C@]3(C#N)c4ccc(O)cc4CC[C@H]3[C@@H]1CCC2=O. The van der Waals surface area contributed by atoms with Crippen LogP contribution in [0.5, 0.6) is 5.75 Å². The summed E-state index contributed by atoms with van der Waals surface area (Å²) in [7, 11) is 0. The van der Waals surface area contributed by atoms with Crippen LogP contribution >= 0.6 is 0 Å². The van der Waals surface area contributed by atoms with Gasteiger partial charge in [0.25, 0.3) is 0 Å². The number of Topliss-reactive ketones (excluding diaryl/α,β-unsaturated/α-hetero) is 1. The van der Waals surface area contributed by atoms with Gasteiger partial charge in [-0.2, -0.15) is 5.26 Å². The van der Waals surface area contributed by atoms with E-state index in [2.05, 4.69) is 13.0 Å². The summed E-state index contributed by atoms with van der Waals surface area (Å²) in [5.74, 6) is 1.30. The highest BCUT2D eigenvalue weighted by molar-refractivity contribution is 5.87. The number of phenolic OH excluding ortho intramolecular Hbond substituents is 1. The van der Waals surface area contributed by atoms with Crippen molar-refractivity contribution in [3.63, 3.8) is 0 Å². The normalized spacial score (nSPS) is 39.5. The number of hydrogen-bond acceptors (Lipinski definition) is 3. The molecule has 0 spiro atoms. The first-order valence-electron chi connectivity index (χ1n) is 8.28. The maximum absolute atomic E-state index is 12.4. The molecule has 1 N–H and O–H groups in total. The number of aryl methyl sites for hydroxylation is 1. The van der Waals surface area contributed by atoms with Crippen LogP contribution in [0.3, 0.4) is 0 Å². The predicted molar refractivity (Wildman–Crippen MR) is 82.3 cm³/mol. The van der Waals surface area contributed by atoms with Gasteiger partial charge in [-0.25, -0.2) is 0 Å². The van der Waals surface area contributed by atoms with Crippen molar-refractivity contribution in [2.75, 3.05) is 0 Å². The van der Waals surface area contributed by atoms with Crippen LogP contribution in [0.15, 0.2) is 18.2 Å². The molecule has 0 heterocycles. The maximum atomic E-state index is 12.4. The van der Waals surface area contributed by atoms with Gasteiger partial charge in [-0.1, -0.05) is 13.0 Å². The molecule has 4 rings (SSSR count). The molecule has 2 fully saturated rings. The summed E-state index contributed by atoms with van der Waals surface area (Å²) >= 11 is 0. The first-order valence-corrected chi connectivity index (χ1v) is 8.28. The zero-order valence-electron chi connectivity index (χ0n) is 12.9. The van der Waals surface area contributed by atoms with Gasteiger partial charge in [0.1, 0.15) is 11.5 Å². The van der Waals surface area contributed by atoms with Crippen LogP contribution in [-0.2, 0) is 16.6 Å². The van der Waals surface area contributed by atoms with E-state index in [1.54, 1.807) is 6.07 Å². The molecular formula is C19H21NO2. The molecule has 3 aliphatic rings. The lowest BCUT2D eigenvalue weighted by Crippen LogP contribution is -2.51. The van der Waals surface area contributed by atoms with Gasteiger partial charge in [-0.3, -0.25) is 4.79 Å². The van der Waals surface area contributed by atoms with Crippen molar-refractivity contribution < 1.29 is 9.90 Å². The number of aromatic hydroxyl groups is 1. The highest BCUT2D eigenvalue weighted by atomic mass is 16.3. The fourth-order valence-corrected chi connectivity index (χ4v) is 5.57. The van der Waals surface area contributed by atoms with Crippen molar-refractivity contribution in [2.45, 2.75) is 50.9 Å². The molecule has 4 atom stereocenters. The van der Waals surface area contributed by atoms with E-state index in [9.17, 15) is 15.2 Å². The van der Waals surface area contributed by atoms with E-state index in [0.29, 0.717) is 18.1 Å². The molecule has 0 amide bonds. The van der Waals surface area contributed by atoms with Crippen LogP contribution in [0.25, 0.3) is 0 Å². The summed E-state index contributed by atoms with van der Waals surface area (Å²) in [6.45, 7) is 2.13. The van der Waals surface area contributed by atoms with Crippen molar-refractivity contribution in [3.8, 4) is 11.8 Å². The van der Waals surface area contributed by atoms with Crippen molar-refractivity contribution in [2.24, 2.45) is 17.3 Å². The van der Waals surface area contributed by atoms with Crippen LogP contribution in [-0.4, -0.2) is 10.9 Å². The Kier molecular flexibility index (Phi) is 2.73. The number of hydrogen-bond donors (Lipinski definition) is 1. The summed E-state index contributed by atoms with van der Waals surface area (Å²) in [4.78, 5) is 12.4. The van der Waals surface area contributed by atoms with E-state index in [-0.39, 0.29) is 17.1 Å². The third kappa shape index (κ3) is 1.53. The molecule has 0 bridgehead atoms. The standard InChI is InChI=1S/C19H21NO2/c1-18-8-9-19(11-20)14-5-3-13(21)10-12(14)2-4-16(19)15(18)6-7-17(18)22/h3,5,10,15-16,21H,2,4,6-9H2,1H3/t15-,16-,18-,19-/m0/s1. The molecule has 2 saturated carbocycles. The van der Waals surface area contributed by atoms with Crippen LogP contribution < -0.4 is 0 Å². The quantitative estimate of drug-likeness (QED) is 0.797.